The van der Waals surface area contributed by atoms with Gasteiger partial charge < -0.3 is 19.8 Å². The van der Waals surface area contributed by atoms with Gasteiger partial charge in [0.25, 0.3) is 11.2 Å². The molecule has 1 aromatic heterocycles. The number of aryl methyl sites for hydroxylation is 1. The molecule has 3 aromatic rings. The number of aromatic amines is 1. The van der Waals surface area contributed by atoms with Gasteiger partial charge >= 0.3 is 5.97 Å². The summed E-state index contributed by atoms with van der Waals surface area (Å²) in [7, 11) is 0. The number of hydrogen-bond donors (Lipinski definition) is 2. The number of rotatable bonds is 12. The van der Waals surface area contributed by atoms with Crippen molar-refractivity contribution < 1.29 is 24.0 Å². The van der Waals surface area contributed by atoms with Crippen molar-refractivity contribution in [1.29, 1.82) is 0 Å². The average molecular weight is 571 g/mol. The lowest BCUT2D eigenvalue weighted by Crippen LogP contribution is -2.29. The van der Waals surface area contributed by atoms with Gasteiger partial charge in [0, 0.05) is 34.8 Å². The second-order valence-electron chi connectivity index (χ2n) is 9.52. The fraction of sp³-hybridized carbons (Fsp3) is 0.357. The summed E-state index contributed by atoms with van der Waals surface area (Å²) in [6.45, 7) is 7.18. The van der Waals surface area contributed by atoms with Crippen LogP contribution in [-0.4, -0.2) is 40.0 Å². The lowest BCUT2D eigenvalue weighted by Gasteiger charge is -2.14. The summed E-state index contributed by atoms with van der Waals surface area (Å²) in [4.78, 5) is 55.8. The van der Waals surface area contributed by atoms with Gasteiger partial charge in [-0.1, -0.05) is 25.4 Å². The summed E-state index contributed by atoms with van der Waals surface area (Å²) >= 11 is 6.12. The van der Waals surface area contributed by atoms with Crippen LogP contribution in [0.15, 0.2) is 41.2 Å². The number of nitro groups is 1. The molecular weight excluding hydrogens is 540 g/mol. The van der Waals surface area contributed by atoms with Gasteiger partial charge in [-0.3, -0.25) is 19.7 Å². The SMILES string of the molecule is CCOC(=O)COc1ccc(Cl)cc1CNC(=O)Cc1c(-c2cc(CC(C)C)cc([N+](=O)[O-])c2)nc(C)[nH]c1=O. The Bertz CT molecular complexity index is 1470. The van der Waals surface area contributed by atoms with Crippen LogP contribution in [0.1, 0.15) is 43.3 Å². The Hall–Kier alpha value is -4.25. The molecule has 11 nitrogen and oxygen atoms in total. The van der Waals surface area contributed by atoms with Gasteiger partial charge in [0.15, 0.2) is 6.61 Å². The second-order valence-corrected chi connectivity index (χ2v) is 9.96. The van der Waals surface area contributed by atoms with Crippen molar-refractivity contribution in [3.05, 3.63) is 84.4 Å². The van der Waals surface area contributed by atoms with Crippen LogP contribution in [0.4, 0.5) is 5.69 Å². The molecule has 1 heterocycles. The number of carbonyl (C=O) groups is 2. The number of aromatic nitrogens is 2. The third kappa shape index (κ3) is 8.37. The fourth-order valence-corrected chi connectivity index (χ4v) is 4.30. The molecule has 0 unspecified atom stereocenters. The van der Waals surface area contributed by atoms with Crippen LogP contribution in [0, 0.1) is 23.0 Å². The first-order valence-corrected chi connectivity index (χ1v) is 13.1. The molecular formula is C28H31ClN4O7. The van der Waals surface area contributed by atoms with E-state index in [1.54, 1.807) is 38.1 Å². The van der Waals surface area contributed by atoms with Crippen molar-refractivity contribution in [1.82, 2.24) is 15.3 Å². The normalized spacial score (nSPS) is 10.8. The molecule has 0 aliphatic rings. The van der Waals surface area contributed by atoms with E-state index < -0.39 is 22.4 Å². The van der Waals surface area contributed by atoms with E-state index in [0.717, 1.165) is 5.56 Å². The summed E-state index contributed by atoms with van der Waals surface area (Å²) in [5.74, 6) is -0.150. The molecule has 12 heteroatoms. The summed E-state index contributed by atoms with van der Waals surface area (Å²) in [6.07, 6.45) is 0.257. The van der Waals surface area contributed by atoms with Gasteiger partial charge in [0.05, 0.1) is 29.2 Å². The average Bonchev–Trinajstić information content (AvgIpc) is 2.87. The third-order valence-electron chi connectivity index (χ3n) is 5.73. The fourth-order valence-electron chi connectivity index (χ4n) is 4.10. The number of nitro benzene ring substituents is 1. The van der Waals surface area contributed by atoms with E-state index in [0.29, 0.717) is 34.1 Å². The second kappa shape index (κ2) is 13.7. The minimum absolute atomic E-state index is 0.000570. The Morgan fingerprint density at radius 2 is 1.95 bits per heavy atom. The first kappa shape index (κ1) is 30.3. The van der Waals surface area contributed by atoms with Crippen LogP contribution in [0.2, 0.25) is 5.02 Å². The highest BCUT2D eigenvalue weighted by Crippen LogP contribution is 2.28. The molecule has 0 fully saturated rings. The molecule has 0 aliphatic heterocycles. The van der Waals surface area contributed by atoms with Crippen molar-refractivity contribution in [3.63, 3.8) is 0 Å². The molecule has 0 saturated heterocycles. The van der Waals surface area contributed by atoms with Crippen LogP contribution in [0.3, 0.4) is 0 Å². The zero-order valence-electron chi connectivity index (χ0n) is 22.7. The highest BCUT2D eigenvalue weighted by Gasteiger charge is 2.20. The standard InChI is InChI=1S/C28H31ClN4O7/c1-5-39-26(35)15-40-24-7-6-21(29)11-20(24)14-30-25(34)13-23-27(31-17(4)32-28(23)36)19-9-18(8-16(2)3)10-22(12-19)33(37)38/h6-7,9-12,16H,5,8,13-15H2,1-4H3,(H,30,34)(H,31,32,36). The third-order valence-corrected chi connectivity index (χ3v) is 5.96. The van der Waals surface area contributed by atoms with Gasteiger partial charge in [0.1, 0.15) is 11.6 Å². The minimum atomic E-state index is -0.538. The van der Waals surface area contributed by atoms with Crippen LogP contribution < -0.4 is 15.6 Å². The molecule has 1 amide bonds. The number of nitrogens with zero attached hydrogens (tertiary/aromatic N) is 2. The molecule has 0 saturated carbocycles. The molecule has 3 rings (SSSR count). The predicted molar refractivity (Wildman–Crippen MR) is 149 cm³/mol. The molecule has 0 spiro atoms. The number of esters is 1. The van der Waals surface area contributed by atoms with E-state index in [4.69, 9.17) is 21.1 Å². The van der Waals surface area contributed by atoms with Crippen LogP contribution >= 0.6 is 11.6 Å². The van der Waals surface area contributed by atoms with Crippen LogP contribution in [0.5, 0.6) is 5.75 Å². The molecule has 0 bridgehead atoms. The van der Waals surface area contributed by atoms with Crippen molar-refractivity contribution in [3.8, 4) is 17.0 Å². The molecule has 0 aliphatic carbocycles. The predicted octanol–water partition coefficient (Wildman–Crippen LogP) is 4.31. The zero-order valence-corrected chi connectivity index (χ0v) is 23.5. The summed E-state index contributed by atoms with van der Waals surface area (Å²) in [5, 5.41) is 14.7. The Morgan fingerprint density at radius 3 is 2.62 bits per heavy atom. The molecule has 40 heavy (non-hydrogen) atoms. The number of ether oxygens (including phenoxy) is 2. The first-order valence-electron chi connectivity index (χ1n) is 12.7. The van der Waals surface area contributed by atoms with Gasteiger partial charge in [-0.2, -0.15) is 0 Å². The van der Waals surface area contributed by atoms with Gasteiger partial charge in [-0.15, -0.1) is 0 Å². The molecule has 212 valence electrons. The van der Waals surface area contributed by atoms with Gasteiger partial charge in [0.2, 0.25) is 5.91 Å². The smallest absolute Gasteiger partial charge is 0.344 e. The van der Waals surface area contributed by atoms with E-state index >= 15 is 0 Å². The maximum Gasteiger partial charge on any atom is 0.344 e. The van der Waals surface area contributed by atoms with E-state index in [9.17, 15) is 24.5 Å². The Kier molecular flexibility index (Phi) is 10.4. The maximum absolute atomic E-state index is 13.0. The Morgan fingerprint density at radius 1 is 1.20 bits per heavy atom. The van der Waals surface area contributed by atoms with Gasteiger partial charge in [-0.25, -0.2) is 9.78 Å². The van der Waals surface area contributed by atoms with Crippen LogP contribution in [0.25, 0.3) is 11.3 Å². The summed E-state index contributed by atoms with van der Waals surface area (Å²) < 4.78 is 10.4. The molecule has 2 aromatic carbocycles. The van der Waals surface area contributed by atoms with Crippen molar-refractivity contribution in [2.75, 3.05) is 13.2 Å². The Balaban J connectivity index is 1.87. The minimum Gasteiger partial charge on any atom is -0.482 e. The quantitative estimate of drug-likeness (QED) is 0.185. The number of amides is 1. The molecule has 2 N–H and O–H groups in total. The monoisotopic (exact) mass is 570 g/mol. The number of nitrogens with one attached hydrogen (secondary N) is 2. The summed E-state index contributed by atoms with van der Waals surface area (Å²) in [5.41, 5.74) is 1.25. The molecule has 0 atom stereocenters. The highest BCUT2D eigenvalue weighted by atomic mass is 35.5. The van der Waals surface area contributed by atoms with Crippen molar-refractivity contribution >= 4 is 29.2 Å². The Labute approximate surface area is 236 Å². The van der Waals surface area contributed by atoms with E-state index in [1.165, 1.54) is 12.1 Å². The molecule has 0 radical (unpaired) electrons. The largest absolute Gasteiger partial charge is 0.482 e. The van der Waals surface area contributed by atoms with Crippen molar-refractivity contribution in [2.45, 2.75) is 47.1 Å². The topological polar surface area (TPSA) is 154 Å². The van der Waals surface area contributed by atoms with E-state index in [2.05, 4.69) is 15.3 Å². The number of carbonyl (C=O) groups excluding carboxylic acids is 2. The zero-order chi connectivity index (χ0) is 29.4. The van der Waals surface area contributed by atoms with E-state index in [1.807, 2.05) is 13.8 Å². The van der Waals surface area contributed by atoms with Crippen molar-refractivity contribution in [2.24, 2.45) is 5.92 Å². The van der Waals surface area contributed by atoms with Gasteiger partial charge in [-0.05, 0) is 56.0 Å². The maximum atomic E-state index is 13.0. The number of hydrogen-bond acceptors (Lipinski definition) is 8. The lowest BCUT2D eigenvalue weighted by molar-refractivity contribution is -0.384. The van der Waals surface area contributed by atoms with Crippen LogP contribution in [-0.2, 0) is 33.7 Å². The number of non-ortho nitro benzene ring substituents is 1. The number of benzene rings is 2. The number of halogens is 1. The lowest BCUT2D eigenvalue weighted by atomic mass is 9.97. The number of H-pyrrole nitrogens is 1. The summed E-state index contributed by atoms with van der Waals surface area (Å²) in [6, 6.07) is 9.37. The first-order chi connectivity index (χ1) is 19.0. The highest BCUT2D eigenvalue weighted by molar-refractivity contribution is 6.30. The van der Waals surface area contributed by atoms with E-state index in [-0.39, 0.29) is 49.0 Å².